The number of nitrogens with zero attached hydrogens (tertiary/aromatic N) is 1. The van der Waals surface area contributed by atoms with Gasteiger partial charge in [-0.2, -0.15) is 0 Å². The first-order valence-corrected chi connectivity index (χ1v) is 7.20. The zero-order chi connectivity index (χ0) is 14.9. The SMILES string of the molecule is C[C@H](OC(=O)c1sc2ccccc2c1Cl)C(=O)N(C)C. The maximum absolute atomic E-state index is 12.1. The van der Waals surface area contributed by atoms with E-state index < -0.39 is 12.1 Å². The van der Waals surface area contributed by atoms with Gasteiger partial charge in [0.2, 0.25) is 0 Å². The molecule has 0 N–H and O–H groups in total. The van der Waals surface area contributed by atoms with Crippen LogP contribution in [0.1, 0.15) is 16.6 Å². The Kier molecular flexibility index (Phi) is 4.30. The molecule has 1 amide bonds. The Balaban J connectivity index is 2.24. The molecule has 1 aromatic carbocycles. The Bertz CT molecular complexity index is 665. The number of halogens is 1. The number of benzene rings is 1. The van der Waals surface area contributed by atoms with Crippen LogP contribution in [0.5, 0.6) is 0 Å². The van der Waals surface area contributed by atoms with Crippen LogP contribution in [0, 0.1) is 0 Å². The van der Waals surface area contributed by atoms with Crippen LogP contribution in [0.3, 0.4) is 0 Å². The van der Waals surface area contributed by atoms with Gasteiger partial charge in [0.15, 0.2) is 6.10 Å². The van der Waals surface area contributed by atoms with Crippen LogP contribution in [0.2, 0.25) is 5.02 Å². The van der Waals surface area contributed by atoms with Gasteiger partial charge < -0.3 is 9.64 Å². The molecule has 1 aromatic heterocycles. The van der Waals surface area contributed by atoms with Gasteiger partial charge in [0, 0.05) is 24.2 Å². The minimum Gasteiger partial charge on any atom is -0.448 e. The first kappa shape index (κ1) is 14.8. The molecule has 0 bridgehead atoms. The summed E-state index contributed by atoms with van der Waals surface area (Å²) in [7, 11) is 3.22. The lowest BCUT2D eigenvalue weighted by atomic mass is 10.2. The van der Waals surface area contributed by atoms with Crippen LogP contribution < -0.4 is 0 Å². The first-order chi connectivity index (χ1) is 9.41. The largest absolute Gasteiger partial charge is 0.448 e. The lowest BCUT2D eigenvalue weighted by Gasteiger charge is -2.16. The van der Waals surface area contributed by atoms with E-state index in [1.807, 2.05) is 24.3 Å². The normalized spacial score (nSPS) is 12.2. The number of rotatable bonds is 3. The number of fused-ring (bicyclic) bond motifs is 1. The molecule has 2 rings (SSSR count). The Morgan fingerprint density at radius 2 is 1.95 bits per heavy atom. The molecule has 0 aliphatic rings. The lowest BCUT2D eigenvalue weighted by molar-refractivity contribution is -0.137. The molecular weight excluding hydrogens is 298 g/mol. The average Bonchev–Trinajstić information content (AvgIpc) is 2.75. The van der Waals surface area contributed by atoms with E-state index in [-0.39, 0.29) is 5.91 Å². The van der Waals surface area contributed by atoms with Crippen LogP contribution in [0.25, 0.3) is 10.1 Å². The van der Waals surface area contributed by atoms with Crippen molar-refractivity contribution in [1.29, 1.82) is 0 Å². The number of hydrogen-bond donors (Lipinski definition) is 0. The van der Waals surface area contributed by atoms with Gasteiger partial charge in [-0.3, -0.25) is 4.79 Å². The minimum absolute atomic E-state index is 0.268. The van der Waals surface area contributed by atoms with Gasteiger partial charge in [0.1, 0.15) is 4.88 Å². The van der Waals surface area contributed by atoms with Crippen molar-refractivity contribution >= 4 is 44.9 Å². The number of amides is 1. The second kappa shape index (κ2) is 5.81. The van der Waals surface area contributed by atoms with E-state index in [9.17, 15) is 9.59 Å². The summed E-state index contributed by atoms with van der Waals surface area (Å²) in [4.78, 5) is 25.5. The van der Waals surface area contributed by atoms with Crippen molar-refractivity contribution in [2.45, 2.75) is 13.0 Å². The number of carbonyl (C=O) groups excluding carboxylic acids is 2. The summed E-state index contributed by atoms with van der Waals surface area (Å²) in [5.41, 5.74) is 0. The van der Waals surface area contributed by atoms with Crippen molar-refractivity contribution in [3.05, 3.63) is 34.2 Å². The molecule has 6 heteroatoms. The average molecular weight is 312 g/mol. The van der Waals surface area contributed by atoms with Gasteiger partial charge in [0.05, 0.1) is 5.02 Å². The van der Waals surface area contributed by atoms with Gasteiger partial charge in [-0.1, -0.05) is 29.8 Å². The third kappa shape index (κ3) is 2.78. The molecular formula is C14H14ClNO3S. The zero-order valence-corrected chi connectivity index (χ0v) is 12.9. The van der Waals surface area contributed by atoms with Crippen molar-refractivity contribution in [1.82, 2.24) is 4.90 Å². The molecule has 0 fully saturated rings. The molecule has 0 radical (unpaired) electrons. The van der Waals surface area contributed by atoms with E-state index in [1.54, 1.807) is 21.0 Å². The Hall–Kier alpha value is -1.59. The summed E-state index contributed by atoms with van der Waals surface area (Å²) in [5.74, 6) is -0.838. The second-order valence-corrected chi connectivity index (χ2v) is 5.95. The van der Waals surface area contributed by atoms with Crippen LogP contribution in [0.15, 0.2) is 24.3 Å². The van der Waals surface area contributed by atoms with Gasteiger partial charge in [-0.05, 0) is 13.0 Å². The number of likely N-dealkylation sites (N-methyl/N-ethyl adjacent to an activating group) is 1. The second-order valence-electron chi connectivity index (χ2n) is 4.52. The molecule has 0 saturated carbocycles. The summed E-state index contributed by atoms with van der Waals surface area (Å²) >= 11 is 7.45. The Morgan fingerprint density at radius 3 is 2.55 bits per heavy atom. The summed E-state index contributed by atoms with van der Waals surface area (Å²) < 4.78 is 6.08. The Labute approximate surface area is 125 Å². The van der Waals surface area contributed by atoms with Crippen molar-refractivity contribution in [3.63, 3.8) is 0 Å². The highest BCUT2D eigenvalue weighted by atomic mass is 35.5. The highest BCUT2D eigenvalue weighted by molar-refractivity contribution is 7.21. The molecule has 1 heterocycles. The number of esters is 1. The third-order valence-corrected chi connectivity index (χ3v) is 4.45. The number of ether oxygens (including phenoxy) is 1. The molecule has 1 atom stereocenters. The molecule has 0 saturated heterocycles. The predicted octanol–water partition coefficient (Wildman–Crippen LogP) is 3.19. The molecule has 0 aliphatic heterocycles. The monoisotopic (exact) mass is 311 g/mol. The molecule has 20 heavy (non-hydrogen) atoms. The van der Waals surface area contributed by atoms with E-state index in [1.165, 1.54) is 16.2 Å². The van der Waals surface area contributed by atoms with E-state index in [4.69, 9.17) is 16.3 Å². The Morgan fingerprint density at radius 1 is 1.30 bits per heavy atom. The van der Waals surface area contributed by atoms with E-state index >= 15 is 0 Å². The standard InChI is InChI=1S/C14H14ClNO3S/c1-8(13(17)16(2)3)19-14(18)12-11(15)9-6-4-5-7-10(9)20-12/h4-8H,1-3H3/t8-/m0/s1. The maximum atomic E-state index is 12.1. The van der Waals surface area contributed by atoms with Crippen LogP contribution >= 0.6 is 22.9 Å². The molecule has 2 aromatic rings. The highest BCUT2D eigenvalue weighted by Gasteiger charge is 2.24. The number of hydrogen-bond acceptors (Lipinski definition) is 4. The van der Waals surface area contributed by atoms with Crippen LogP contribution in [0.4, 0.5) is 0 Å². The third-order valence-electron chi connectivity index (χ3n) is 2.79. The molecule has 0 spiro atoms. The first-order valence-electron chi connectivity index (χ1n) is 6.01. The molecule has 106 valence electrons. The summed E-state index contributed by atoms with van der Waals surface area (Å²) in [6, 6.07) is 7.47. The molecule has 0 unspecified atom stereocenters. The predicted molar refractivity (Wildman–Crippen MR) is 80.4 cm³/mol. The fourth-order valence-corrected chi connectivity index (χ4v) is 3.16. The van der Waals surface area contributed by atoms with Crippen molar-refractivity contribution in [2.24, 2.45) is 0 Å². The number of carbonyl (C=O) groups is 2. The van der Waals surface area contributed by atoms with Crippen LogP contribution in [-0.4, -0.2) is 37.0 Å². The van der Waals surface area contributed by atoms with E-state index in [0.717, 1.165) is 10.1 Å². The molecule has 0 aliphatic carbocycles. The van der Waals surface area contributed by atoms with E-state index in [2.05, 4.69) is 0 Å². The van der Waals surface area contributed by atoms with Crippen molar-refractivity contribution in [3.8, 4) is 0 Å². The van der Waals surface area contributed by atoms with Crippen molar-refractivity contribution in [2.75, 3.05) is 14.1 Å². The van der Waals surface area contributed by atoms with Gasteiger partial charge in [-0.25, -0.2) is 4.79 Å². The summed E-state index contributed by atoms with van der Waals surface area (Å²) in [5, 5.41) is 1.19. The quantitative estimate of drug-likeness (QED) is 0.818. The highest BCUT2D eigenvalue weighted by Crippen LogP contribution is 2.35. The summed E-state index contributed by atoms with van der Waals surface area (Å²) in [6.07, 6.45) is -0.834. The minimum atomic E-state index is -0.834. The van der Waals surface area contributed by atoms with Gasteiger partial charge >= 0.3 is 5.97 Å². The maximum Gasteiger partial charge on any atom is 0.350 e. The van der Waals surface area contributed by atoms with Gasteiger partial charge in [-0.15, -0.1) is 11.3 Å². The molecule has 4 nitrogen and oxygen atoms in total. The smallest absolute Gasteiger partial charge is 0.350 e. The van der Waals surface area contributed by atoms with Crippen molar-refractivity contribution < 1.29 is 14.3 Å². The summed E-state index contributed by atoms with van der Waals surface area (Å²) in [6.45, 7) is 1.54. The van der Waals surface area contributed by atoms with Gasteiger partial charge in [0.25, 0.3) is 5.91 Å². The topological polar surface area (TPSA) is 46.6 Å². The zero-order valence-electron chi connectivity index (χ0n) is 11.3. The lowest BCUT2D eigenvalue weighted by Crippen LogP contribution is -2.34. The number of thiophene rings is 1. The van der Waals surface area contributed by atoms with Crippen LogP contribution in [-0.2, 0) is 9.53 Å². The fourth-order valence-electron chi connectivity index (χ4n) is 1.77. The van der Waals surface area contributed by atoms with E-state index in [0.29, 0.717) is 9.90 Å². The fraction of sp³-hybridized carbons (Fsp3) is 0.286.